The van der Waals surface area contributed by atoms with E-state index < -0.39 is 5.97 Å². The van der Waals surface area contributed by atoms with E-state index in [4.69, 9.17) is 5.11 Å². The van der Waals surface area contributed by atoms with Gasteiger partial charge in [-0.3, -0.25) is 4.79 Å². The fraction of sp³-hybridized carbons (Fsp3) is 0.583. The van der Waals surface area contributed by atoms with Crippen molar-refractivity contribution in [2.45, 2.75) is 32.6 Å². The van der Waals surface area contributed by atoms with Gasteiger partial charge in [0.05, 0.1) is 6.42 Å². The van der Waals surface area contributed by atoms with Crippen molar-refractivity contribution in [1.82, 2.24) is 9.97 Å². The second kappa shape index (κ2) is 4.69. The summed E-state index contributed by atoms with van der Waals surface area (Å²) in [4.78, 5) is 19.0. The third-order valence-electron chi connectivity index (χ3n) is 3.39. The van der Waals surface area contributed by atoms with Crippen LogP contribution in [0.1, 0.15) is 31.4 Å². The summed E-state index contributed by atoms with van der Waals surface area (Å²) in [5, 5.41) is 12.1. The molecule has 0 spiro atoms. The molecule has 1 saturated carbocycles. The summed E-state index contributed by atoms with van der Waals surface area (Å²) in [5.74, 6) is 0.0551. The summed E-state index contributed by atoms with van der Waals surface area (Å²) in [6.07, 6.45) is 4.84. The predicted molar refractivity (Wildman–Crippen MR) is 63.8 cm³/mol. The van der Waals surface area contributed by atoms with Crippen LogP contribution < -0.4 is 5.32 Å². The van der Waals surface area contributed by atoms with Gasteiger partial charge >= 0.3 is 5.97 Å². The van der Waals surface area contributed by atoms with Crippen LogP contribution in [0.5, 0.6) is 0 Å². The lowest BCUT2D eigenvalue weighted by atomic mass is 9.66. The number of aliphatic carboxylic acids is 1. The maximum atomic E-state index is 10.8. The van der Waals surface area contributed by atoms with Crippen molar-refractivity contribution in [2.75, 3.05) is 11.9 Å². The fourth-order valence-electron chi connectivity index (χ4n) is 2.24. The van der Waals surface area contributed by atoms with Gasteiger partial charge in [-0.1, -0.05) is 6.42 Å². The summed E-state index contributed by atoms with van der Waals surface area (Å²) in [5.41, 5.74) is 0.827. The van der Waals surface area contributed by atoms with Crippen LogP contribution in [0, 0.1) is 12.3 Å². The molecule has 1 aromatic rings. The third kappa shape index (κ3) is 2.93. The first kappa shape index (κ1) is 11.8. The Bertz CT molecular complexity index is 416. The first-order valence-electron chi connectivity index (χ1n) is 5.84. The first-order valence-corrected chi connectivity index (χ1v) is 5.84. The SMILES string of the molecule is Cc1cc(NCC2(CC(=O)O)CCC2)ncn1. The molecule has 0 radical (unpaired) electrons. The Morgan fingerprint density at radius 2 is 2.29 bits per heavy atom. The monoisotopic (exact) mass is 235 g/mol. The number of nitrogens with one attached hydrogen (secondary N) is 1. The Kier molecular flexibility index (Phi) is 3.26. The highest BCUT2D eigenvalue weighted by Gasteiger charge is 2.38. The second-order valence-electron chi connectivity index (χ2n) is 4.82. The standard InChI is InChI=1S/C12H17N3O2/c1-9-5-10(15-8-14-9)13-7-12(3-2-4-12)6-11(16)17/h5,8H,2-4,6-7H2,1H3,(H,16,17)(H,13,14,15). The van der Waals surface area contributed by atoms with E-state index in [1.807, 2.05) is 13.0 Å². The molecule has 0 atom stereocenters. The Hall–Kier alpha value is -1.65. The van der Waals surface area contributed by atoms with E-state index in [1.165, 1.54) is 6.33 Å². The molecule has 1 aliphatic carbocycles. The van der Waals surface area contributed by atoms with E-state index >= 15 is 0 Å². The van der Waals surface area contributed by atoms with E-state index in [0.717, 1.165) is 30.8 Å². The molecule has 0 aromatic carbocycles. The van der Waals surface area contributed by atoms with Crippen molar-refractivity contribution < 1.29 is 9.90 Å². The Labute approximate surface area is 100 Å². The summed E-state index contributed by atoms with van der Waals surface area (Å²) in [7, 11) is 0. The van der Waals surface area contributed by atoms with Crippen molar-refractivity contribution in [1.29, 1.82) is 0 Å². The Morgan fingerprint density at radius 1 is 1.53 bits per heavy atom. The lowest BCUT2D eigenvalue weighted by Crippen LogP contribution is -2.38. The van der Waals surface area contributed by atoms with E-state index in [-0.39, 0.29) is 11.8 Å². The summed E-state index contributed by atoms with van der Waals surface area (Å²) < 4.78 is 0. The van der Waals surface area contributed by atoms with E-state index in [2.05, 4.69) is 15.3 Å². The minimum absolute atomic E-state index is 0.0787. The number of hydrogen-bond acceptors (Lipinski definition) is 4. The van der Waals surface area contributed by atoms with Gasteiger partial charge in [-0.2, -0.15) is 0 Å². The smallest absolute Gasteiger partial charge is 0.303 e. The van der Waals surface area contributed by atoms with Crippen LogP contribution in [0.2, 0.25) is 0 Å². The highest BCUT2D eigenvalue weighted by Crippen LogP contribution is 2.43. The normalized spacial score (nSPS) is 17.2. The van der Waals surface area contributed by atoms with Crippen LogP contribution in [-0.4, -0.2) is 27.6 Å². The summed E-state index contributed by atoms with van der Waals surface area (Å²) in [6.45, 7) is 2.58. The number of carboxylic acid groups (broad SMARTS) is 1. The zero-order chi connectivity index (χ0) is 12.3. The minimum Gasteiger partial charge on any atom is -0.481 e. The molecule has 2 rings (SSSR count). The maximum Gasteiger partial charge on any atom is 0.303 e. The van der Waals surface area contributed by atoms with Crippen molar-refractivity contribution in [3.8, 4) is 0 Å². The van der Waals surface area contributed by atoms with Crippen molar-refractivity contribution in [3.05, 3.63) is 18.1 Å². The van der Waals surface area contributed by atoms with Gasteiger partial charge in [0.15, 0.2) is 0 Å². The number of rotatable bonds is 5. The Balaban J connectivity index is 1.94. The maximum absolute atomic E-state index is 10.8. The zero-order valence-electron chi connectivity index (χ0n) is 9.94. The zero-order valence-corrected chi connectivity index (χ0v) is 9.94. The number of aryl methyl sites for hydroxylation is 1. The highest BCUT2D eigenvalue weighted by molar-refractivity contribution is 5.68. The van der Waals surface area contributed by atoms with Crippen LogP contribution in [0.15, 0.2) is 12.4 Å². The fourth-order valence-corrected chi connectivity index (χ4v) is 2.24. The van der Waals surface area contributed by atoms with Crippen LogP contribution >= 0.6 is 0 Å². The van der Waals surface area contributed by atoms with Crippen LogP contribution in [0.4, 0.5) is 5.82 Å². The minimum atomic E-state index is -0.717. The van der Waals surface area contributed by atoms with E-state index in [9.17, 15) is 4.79 Å². The second-order valence-corrected chi connectivity index (χ2v) is 4.82. The molecule has 2 N–H and O–H groups in total. The van der Waals surface area contributed by atoms with E-state index in [1.54, 1.807) is 0 Å². The number of aromatic nitrogens is 2. The first-order chi connectivity index (χ1) is 8.10. The molecule has 0 aliphatic heterocycles. The molecule has 92 valence electrons. The van der Waals surface area contributed by atoms with Crippen molar-refractivity contribution in [3.63, 3.8) is 0 Å². The number of carbonyl (C=O) groups is 1. The molecule has 1 fully saturated rings. The van der Waals surface area contributed by atoms with Gasteiger partial charge in [-0.25, -0.2) is 9.97 Å². The van der Waals surface area contributed by atoms with Crippen LogP contribution in [0.3, 0.4) is 0 Å². The molecule has 0 amide bonds. The summed E-state index contributed by atoms with van der Waals surface area (Å²) >= 11 is 0. The third-order valence-corrected chi connectivity index (χ3v) is 3.39. The van der Waals surface area contributed by atoms with E-state index in [0.29, 0.717) is 6.54 Å². The molecule has 1 aliphatic rings. The molecule has 0 unspecified atom stereocenters. The quantitative estimate of drug-likeness (QED) is 0.814. The average Bonchev–Trinajstić information content (AvgIpc) is 2.21. The number of nitrogens with zero attached hydrogens (tertiary/aromatic N) is 2. The molecule has 1 aromatic heterocycles. The molecule has 5 nitrogen and oxygen atoms in total. The lowest BCUT2D eigenvalue weighted by Gasteiger charge is -2.41. The number of hydrogen-bond donors (Lipinski definition) is 2. The van der Waals surface area contributed by atoms with Crippen LogP contribution in [-0.2, 0) is 4.79 Å². The molecular weight excluding hydrogens is 218 g/mol. The molecule has 5 heteroatoms. The number of carboxylic acids is 1. The largest absolute Gasteiger partial charge is 0.481 e. The number of anilines is 1. The lowest BCUT2D eigenvalue weighted by molar-refractivity contribution is -0.141. The van der Waals surface area contributed by atoms with Crippen molar-refractivity contribution >= 4 is 11.8 Å². The molecule has 0 saturated heterocycles. The topological polar surface area (TPSA) is 75.1 Å². The molecular formula is C12H17N3O2. The summed E-state index contributed by atoms with van der Waals surface area (Å²) in [6, 6.07) is 1.87. The predicted octanol–water partition coefficient (Wildman–Crippen LogP) is 1.84. The van der Waals surface area contributed by atoms with Gasteiger partial charge in [0.25, 0.3) is 0 Å². The van der Waals surface area contributed by atoms with Gasteiger partial charge in [-0.05, 0) is 25.2 Å². The van der Waals surface area contributed by atoms with Gasteiger partial charge in [-0.15, -0.1) is 0 Å². The molecule has 0 bridgehead atoms. The van der Waals surface area contributed by atoms with Gasteiger partial charge < -0.3 is 10.4 Å². The van der Waals surface area contributed by atoms with Gasteiger partial charge in [0.1, 0.15) is 12.1 Å². The highest BCUT2D eigenvalue weighted by atomic mass is 16.4. The van der Waals surface area contributed by atoms with Crippen molar-refractivity contribution in [2.24, 2.45) is 5.41 Å². The molecule has 1 heterocycles. The Morgan fingerprint density at radius 3 is 2.82 bits per heavy atom. The molecule has 17 heavy (non-hydrogen) atoms. The van der Waals surface area contributed by atoms with Gasteiger partial charge in [0, 0.05) is 18.3 Å². The average molecular weight is 235 g/mol. The van der Waals surface area contributed by atoms with Gasteiger partial charge in [0.2, 0.25) is 0 Å². The van der Waals surface area contributed by atoms with Crippen LogP contribution in [0.25, 0.3) is 0 Å².